The largest absolute Gasteiger partial charge is 0.398 e. The van der Waals surface area contributed by atoms with Gasteiger partial charge in [-0.05, 0) is 17.5 Å². The highest BCUT2D eigenvalue weighted by molar-refractivity contribution is 7.17. The van der Waals surface area contributed by atoms with E-state index in [1.165, 1.54) is 11.3 Å². The summed E-state index contributed by atoms with van der Waals surface area (Å²) in [5.41, 5.74) is 7.14. The number of benzene rings is 1. The van der Waals surface area contributed by atoms with Gasteiger partial charge >= 0.3 is 0 Å². The molecular weight excluding hydrogens is 220 g/mol. The Labute approximate surface area is 95.2 Å². The average Bonchev–Trinajstić information content (AvgIpc) is 2.74. The molecule has 0 aliphatic heterocycles. The minimum Gasteiger partial charge on any atom is -0.398 e. The third kappa shape index (κ3) is 1.20. The summed E-state index contributed by atoms with van der Waals surface area (Å²) in [4.78, 5) is 15.9. The van der Waals surface area contributed by atoms with Crippen molar-refractivity contribution >= 4 is 38.0 Å². The summed E-state index contributed by atoms with van der Waals surface area (Å²) in [6, 6.07) is 9.29. The van der Waals surface area contributed by atoms with Gasteiger partial charge in [-0.3, -0.25) is 4.79 Å². The molecule has 0 fully saturated rings. The van der Waals surface area contributed by atoms with Crippen molar-refractivity contribution in [1.82, 2.24) is 4.98 Å². The van der Waals surface area contributed by atoms with Crippen molar-refractivity contribution in [2.75, 3.05) is 5.73 Å². The van der Waals surface area contributed by atoms with E-state index in [1.807, 2.05) is 29.6 Å². The number of nitrogens with two attached hydrogens (primary N) is 1. The van der Waals surface area contributed by atoms with Crippen molar-refractivity contribution in [2.45, 2.75) is 0 Å². The first-order chi connectivity index (χ1) is 7.77. The summed E-state index contributed by atoms with van der Waals surface area (Å²) in [7, 11) is 0. The molecule has 0 bridgehead atoms. The maximum atomic E-state index is 11.8. The number of rotatable bonds is 0. The molecule has 4 heteroatoms. The van der Waals surface area contributed by atoms with Gasteiger partial charge in [0.25, 0.3) is 5.56 Å². The van der Waals surface area contributed by atoms with Crippen LogP contribution in [0, 0.1) is 0 Å². The molecule has 0 saturated carbocycles. The number of hydrogen-bond acceptors (Lipinski definition) is 4. The first kappa shape index (κ1) is 9.30. The molecule has 0 radical (unpaired) electrons. The van der Waals surface area contributed by atoms with Gasteiger partial charge in [0.15, 0.2) is 0 Å². The van der Waals surface area contributed by atoms with E-state index in [4.69, 9.17) is 5.73 Å². The molecule has 0 atom stereocenters. The standard InChI is InChI=1S/C12H8N2OS/c13-10-7-3-1-2-4-9(7)14-12(15)11-8(10)5-6-16-11/h1-6H,13H2. The number of anilines is 1. The summed E-state index contributed by atoms with van der Waals surface area (Å²) < 4.78 is 0.619. The molecule has 16 heavy (non-hydrogen) atoms. The summed E-state index contributed by atoms with van der Waals surface area (Å²) >= 11 is 1.38. The second-order valence-electron chi connectivity index (χ2n) is 3.51. The molecule has 3 nitrogen and oxygen atoms in total. The van der Waals surface area contributed by atoms with Gasteiger partial charge in [0.05, 0.1) is 5.52 Å². The van der Waals surface area contributed by atoms with Gasteiger partial charge in [0, 0.05) is 16.5 Å². The van der Waals surface area contributed by atoms with Crippen LogP contribution in [0.4, 0.5) is 5.69 Å². The predicted octanol–water partition coefficient (Wildman–Crippen LogP) is 2.39. The number of nitrogens with zero attached hydrogens (tertiary/aromatic N) is 1. The number of nitrogen functional groups attached to an aromatic ring is 1. The molecule has 0 aliphatic rings. The zero-order valence-electron chi connectivity index (χ0n) is 8.31. The number of fused-ring (bicyclic) bond motifs is 2. The molecule has 0 spiro atoms. The summed E-state index contributed by atoms with van der Waals surface area (Å²) in [6.07, 6.45) is 0. The van der Waals surface area contributed by atoms with E-state index in [9.17, 15) is 4.79 Å². The monoisotopic (exact) mass is 228 g/mol. The molecule has 0 saturated heterocycles. The lowest BCUT2D eigenvalue weighted by Crippen LogP contribution is -1.99. The van der Waals surface area contributed by atoms with Crippen LogP contribution in [-0.4, -0.2) is 4.98 Å². The van der Waals surface area contributed by atoms with Gasteiger partial charge in [-0.25, -0.2) is 4.98 Å². The molecule has 2 heterocycles. The Hall–Kier alpha value is -1.94. The van der Waals surface area contributed by atoms with E-state index in [-0.39, 0.29) is 5.56 Å². The molecular formula is C12H8N2OS. The Morgan fingerprint density at radius 3 is 2.81 bits per heavy atom. The number of aromatic nitrogens is 1. The van der Waals surface area contributed by atoms with E-state index in [2.05, 4.69) is 4.98 Å². The minimum absolute atomic E-state index is 0.210. The van der Waals surface area contributed by atoms with Crippen molar-refractivity contribution in [3.05, 3.63) is 46.1 Å². The van der Waals surface area contributed by atoms with E-state index in [1.54, 1.807) is 6.07 Å². The Kier molecular flexibility index (Phi) is 1.91. The number of thiophene rings is 1. The molecule has 78 valence electrons. The Bertz CT molecular complexity index is 749. The molecule has 2 aromatic heterocycles. The second-order valence-corrected chi connectivity index (χ2v) is 4.43. The van der Waals surface area contributed by atoms with Gasteiger partial charge in [0.1, 0.15) is 4.70 Å². The first-order valence-electron chi connectivity index (χ1n) is 4.83. The lowest BCUT2D eigenvalue weighted by atomic mass is 10.2. The van der Waals surface area contributed by atoms with Crippen molar-refractivity contribution in [1.29, 1.82) is 0 Å². The minimum atomic E-state index is -0.210. The van der Waals surface area contributed by atoms with Crippen LogP contribution in [0.5, 0.6) is 0 Å². The fraction of sp³-hybridized carbons (Fsp3) is 0. The van der Waals surface area contributed by atoms with Crippen LogP contribution in [0.15, 0.2) is 40.5 Å². The van der Waals surface area contributed by atoms with Crippen molar-refractivity contribution < 1.29 is 0 Å². The molecule has 1 aromatic carbocycles. The predicted molar refractivity (Wildman–Crippen MR) is 67.8 cm³/mol. The fourth-order valence-corrected chi connectivity index (χ4v) is 2.58. The molecule has 0 aliphatic carbocycles. The Balaban J connectivity index is 2.74. The Morgan fingerprint density at radius 1 is 1.12 bits per heavy atom. The van der Waals surface area contributed by atoms with E-state index >= 15 is 0 Å². The van der Waals surface area contributed by atoms with Crippen LogP contribution >= 0.6 is 11.3 Å². The van der Waals surface area contributed by atoms with Gasteiger partial charge < -0.3 is 5.73 Å². The molecule has 2 N–H and O–H groups in total. The van der Waals surface area contributed by atoms with Crippen LogP contribution in [0.3, 0.4) is 0 Å². The fourth-order valence-electron chi connectivity index (χ4n) is 1.79. The van der Waals surface area contributed by atoms with E-state index in [0.29, 0.717) is 15.9 Å². The highest BCUT2D eigenvalue weighted by Gasteiger charge is 2.06. The molecule has 3 rings (SSSR count). The summed E-state index contributed by atoms with van der Waals surface area (Å²) in [5.74, 6) is 0. The lowest BCUT2D eigenvalue weighted by molar-refractivity contribution is 1.37. The summed E-state index contributed by atoms with van der Waals surface area (Å²) in [5, 5.41) is 3.48. The van der Waals surface area contributed by atoms with Crippen molar-refractivity contribution in [3.8, 4) is 0 Å². The van der Waals surface area contributed by atoms with E-state index < -0.39 is 0 Å². The maximum absolute atomic E-state index is 11.8. The highest BCUT2D eigenvalue weighted by atomic mass is 32.1. The zero-order chi connectivity index (χ0) is 11.1. The van der Waals surface area contributed by atoms with Crippen LogP contribution in [0.2, 0.25) is 0 Å². The third-order valence-corrected chi connectivity index (χ3v) is 3.47. The zero-order valence-corrected chi connectivity index (χ0v) is 9.12. The highest BCUT2D eigenvalue weighted by Crippen LogP contribution is 2.27. The van der Waals surface area contributed by atoms with Crippen molar-refractivity contribution in [2.24, 2.45) is 0 Å². The summed E-state index contributed by atoms with van der Waals surface area (Å²) in [6.45, 7) is 0. The average molecular weight is 228 g/mol. The normalized spacial score (nSPS) is 11.0. The topological polar surface area (TPSA) is 56.0 Å². The van der Waals surface area contributed by atoms with E-state index in [0.717, 1.165) is 10.8 Å². The maximum Gasteiger partial charge on any atom is 0.288 e. The smallest absolute Gasteiger partial charge is 0.288 e. The van der Waals surface area contributed by atoms with Crippen LogP contribution in [-0.2, 0) is 0 Å². The van der Waals surface area contributed by atoms with Crippen LogP contribution in [0.25, 0.3) is 21.0 Å². The number of para-hydroxylation sites is 1. The van der Waals surface area contributed by atoms with Gasteiger partial charge in [0.2, 0.25) is 0 Å². The second kappa shape index (κ2) is 3.28. The quantitative estimate of drug-likeness (QED) is 0.642. The molecule has 0 amide bonds. The molecule has 0 unspecified atom stereocenters. The van der Waals surface area contributed by atoms with Gasteiger partial charge in [-0.15, -0.1) is 11.3 Å². The van der Waals surface area contributed by atoms with Crippen LogP contribution < -0.4 is 11.3 Å². The van der Waals surface area contributed by atoms with Crippen molar-refractivity contribution in [3.63, 3.8) is 0 Å². The number of hydrogen-bond donors (Lipinski definition) is 1. The van der Waals surface area contributed by atoms with Gasteiger partial charge in [-0.1, -0.05) is 18.2 Å². The lowest BCUT2D eigenvalue weighted by Gasteiger charge is -1.94. The third-order valence-electron chi connectivity index (χ3n) is 2.57. The van der Waals surface area contributed by atoms with Crippen LogP contribution in [0.1, 0.15) is 0 Å². The SMILES string of the molecule is Nc1c2ccccc2nc(=O)c2sccc12. The Morgan fingerprint density at radius 2 is 1.94 bits per heavy atom. The first-order valence-corrected chi connectivity index (χ1v) is 5.71. The molecule has 3 aromatic rings. The van der Waals surface area contributed by atoms with Gasteiger partial charge in [-0.2, -0.15) is 0 Å².